The summed E-state index contributed by atoms with van der Waals surface area (Å²) in [5.74, 6) is -0.797. The van der Waals surface area contributed by atoms with Crippen molar-refractivity contribution in [3.05, 3.63) is 72.9 Å². The number of phosphoric ester groups is 1. The Bertz CT molecular complexity index is 1400. The molecule has 0 aliphatic heterocycles. The third kappa shape index (κ3) is 54.6. The lowest BCUT2D eigenvalue weighted by Crippen LogP contribution is -2.37. The van der Waals surface area contributed by atoms with E-state index in [9.17, 15) is 19.0 Å². The van der Waals surface area contributed by atoms with Gasteiger partial charge in [-0.15, -0.1) is 0 Å². The number of carbonyl (C=O) groups is 2. The van der Waals surface area contributed by atoms with Crippen molar-refractivity contribution in [2.45, 2.75) is 245 Å². The molecule has 2 atom stereocenters. The van der Waals surface area contributed by atoms with E-state index in [2.05, 4.69) is 86.8 Å². The highest BCUT2D eigenvalue weighted by Crippen LogP contribution is 2.43. The van der Waals surface area contributed by atoms with Gasteiger partial charge in [0.05, 0.1) is 27.7 Å². The van der Waals surface area contributed by atoms with Crippen molar-refractivity contribution in [1.29, 1.82) is 0 Å². The van der Waals surface area contributed by atoms with Crippen LogP contribution in [0, 0.1) is 0 Å². The molecule has 0 radical (unpaired) electrons. The first kappa shape index (κ1) is 66.5. The number of hydrogen-bond acceptors (Lipinski definition) is 7. The van der Waals surface area contributed by atoms with Gasteiger partial charge in [-0.3, -0.25) is 18.6 Å². The van der Waals surface area contributed by atoms with E-state index >= 15 is 0 Å². The third-order valence-electron chi connectivity index (χ3n) is 12.0. The van der Waals surface area contributed by atoms with E-state index in [4.69, 9.17) is 18.5 Å². The standard InChI is InChI=1S/C59H106NO8P/c1-6-8-10-12-14-16-17-18-19-20-21-22-23-24-25-26-27-28-29-30-31-32-33-34-35-36-37-38-39-40-41-42-43-44-46-48-50-52-59(62)68-57(56-67-69(63,64)66-54-53-60(3,4)5)55-65-58(61)51-49-47-45-15-13-11-9-7-2/h8,10,14,16,18-19,21-22,24-25,27-28,57H,6-7,9,11-13,15,17,20,23,26,29-56H2,1-5H3/p+1/b10-8-,16-14-,19-18-,22-21-,25-24-,28-27-. The number of hydrogen-bond donors (Lipinski definition) is 1. The van der Waals surface area contributed by atoms with Crippen LogP contribution < -0.4 is 0 Å². The summed E-state index contributed by atoms with van der Waals surface area (Å²) in [6, 6.07) is 0. The molecule has 0 aromatic carbocycles. The number of phosphoric acid groups is 1. The summed E-state index contributed by atoms with van der Waals surface area (Å²) in [7, 11) is 1.48. The first-order chi connectivity index (χ1) is 33.5. The molecule has 0 aliphatic carbocycles. The minimum absolute atomic E-state index is 0.0321. The molecule has 0 fully saturated rings. The Morgan fingerprint density at radius 1 is 0.464 bits per heavy atom. The Balaban J connectivity index is 3.90. The Hall–Kier alpha value is -2.55. The highest BCUT2D eigenvalue weighted by Gasteiger charge is 2.27. The Morgan fingerprint density at radius 2 is 0.826 bits per heavy atom. The second kappa shape index (κ2) is 50.4. The fraction of sp³-hybridized carbons (Fsp3) is 0.763. The number of esters is 2. The number of allylic oxidation sites excluding steroid dienone is 12. The summed E-state index contributed by atoms with van der Waals surface area (Å²) in [6.45, 7) is 4.29. The first-order valence-corrected chi connectivity index (χ1v) is 29.7. The first-order valence-electron chi connectivity index (χ1n) is 28.2. The van der Waals surface area contributed by atoms with Crippen LogP contribution in [-0.2, 0) is 32.7 Å². The molecule has 0 heterocycles. The molecule has 2 unspecified atom stereocenters. The van der Waals surface area contributed by atoms with Crippen molar-refractivity contribution in [3.63, 3.8) is 0 Å². The van der Waals surface area contributed by atoms with Crippen molar-refractivity contribution in [2.24, 2.45) is 0 Å². The molecular weight excluding hydrogens is 882 g/mol. The second-order valence-corrected chi connectivity index (χ2v) is 21.4. The zero-order valence-corrected chi connectivity index (χ0v) is 46.2. The molecule has 0 aromatic heterocycles. The van der Waals surface area contributed by atoms with Crippen LogP contribution in [-0.4, -0.2) is 74.9 Å². The molecule has 0 aromatic rings. The molecule has 0 spiro atoms. The predicted molar refractivity (Wildman–Crippen MR) is 293 cm³/mol. The van der Waals surface area contributed by atoms with Crippen molar-refractivity contribution >= 4 is 19.8 Å². The predicted octanol–water partition coefficient (Wildman–Crippen LogP) is 17.3. The number of ether oxygens (including phenoxy) is 2. The van der Waals surface area contributed by atoms with Gasteiger partial charge < -0.3 is 18.9 Å². The molecule has 0 rings (SSSR count). The number of carbonyl (C=O) groups excluding carboxylic acids is 2. The summed E-state index contributed by atoms with van der Waals surface area (Å²) >= 11 is 0. The largest absolute Gasteiger partial charge is 0.472 e. The van der Waals surface area contributed by atoms with Gasteiger partial charge in [0.15, 0.2) is 6.10 Å². The molecule has 0 saturated carbocycles. The lowest BCUT2D eigenvalue weighted by atomic mass is 10.0. The smallest absolute Gasteiger partial charge is 0.462 e. The molecule has 0 aliphatic rings. The van der Waals surface area contributed by atoms with E-state index in [1.807, 2.05) is 21.1 Å². The number of rotatable bonds is 51. The average molecular weight is 989 g/mol. The van der Waals surface area contributed by atoms with E-state index in [-0.39, 0.29) is 32.0 Å². The average Bonchev–Trinajstić information content (AvgIpc) is 3.31. The molecule has 0 bridgehead atoms. The van der Waals surface area contributed by atoms with Crippen molar-refractivity contribution in [1.82, 2.24) is 0 Å². The Morgan fingerprint density at radius 3 is 1.23 bits per heavy atom. The van der Waals surface area contributed by atoms with E-state index in [0.717, 1.165) is 70.6 Å². The Labute approximate surface area is 425 Å². The quantitative estimate of drug-likeness (QED) is 0.0211. The lowest BCUT2D eigenvalue weighted by Gasteiger charge is -2.24. The molecular formula is C59H107NO8P+. The van der Waals surface area contributed by atoms with Gasteiger partial charge in [-0.05, 0) is 64.2 Å². The lowest BCUT2D eigenvalue weighted by molar-refractivity contribution is -0.870. The fourth-order valence-corrected chi connectivity index (χ4v) is 8.41. The number of nitrogens with zero attached hydrogens (tertiary/aromatic N) is 1. The molecule has 0 amide bonds. The highest BCUT2D eigenvalue weighted by molar-refractivity contribution is 7.47. The van der Waals surface area contributed by atoms with Crippen LogP contribution in [0.25, 0.3) is 0 Å². The van der Waals surface area contributed by atoms with E-state index in [1.165, 1.54) is 135 Å². The van der Waals surface area contributed by atoms with E-state index < -0.39 is 26.5 Å². The summed E-state index contributed by atoms with van der Waals surface area (Å²) in [5.41, 5.74) is 0. The Kier molecular flexibility index (Phi) is 48.5. The van der Waals surface area contributed by atoms with Gasteiger partial charge in [-0.1, -0.05) is 234 Å². The number of likely N-dealkylation sites (N-methyl/N-ethyl adjacent to an activating group) is 1. The van der Waals surface area contributed by atoms with Gasteiger partial charge >= 0.3 is 19.8 Å². The minimum Gasteiger partial charge on any atom is -0.462 e. The maximum absolute atomic E-state index is 12.7. The van der Waals surface area contributed by atoms with Gasteiger partial charge in [0, 0.05) is 12.8 Å². The molecule has 400 valence electrons. The highest BCUT2D eigenvalue weighted by atomic mass is 31.2. The van der Waals surface area contributed by atoms with Crippen molar-refractivity contribution < 1.29 is 42.1 Å². The van der Waals surface area contributed by atoms with E-state index in [0.29, 0.717) is 17.4 Å². The van der Waals surface area contributed by atoms with Gasteiger partial charge in [-0.2, -0.15) is 0 Å². The van der Waals surface area contributed by atoms with Crippen molar-refractivity contribution in [3.8, 4) is 0 Å². The van der Waals surface area contributed by atoms with Gasteiger partial charge in [0.25, 0.3) is 0 Å². The van der Waals surface area contributed by atoms with Gasteiger partial charge in [0.2, 0.25) is 0 Å². The molecule has 9 nitrogen and oxygen atoms in total. The normalized spacial score (nSPS) is 13.9. The number of unbranched alkanes of at least 4 members (excludes halogenated alkanes) is 25. The fourth-order valence-electron chi connectivity index (χ4n) is 7.67. The van der Waals surface area contributed by atoms with Crippen LogP contribution >= 0.6 is 7.82 Å². The summed E-state index contributed by atoms with van der Waals surface area (Å²) in [5, 5.41) is 0. The zero-order valence-electron chi connectivity index (χ0n) is 45.3. The topological polar surface area (TPSA) is 108 Å². The van der Waals surface area contributed by atoms with Crippen LogP contribution in [0.4, 0.5) is 0 Å². The molecule has 10 heteroatoms. The van der Waals surface area contributed by atoms with Gasteiger partial charge in [0.1, 0.15) is 19.8 Å². The van der Waals surface area contributed by atoms with Crippen LogP contribution in [0.3, 0.4) is 0 Å². The SMILES string of the molecule is CC/C=C\C/C=C\C/C=C\C/C=C\C/C=C\C/C=C\CCCCCCCCCCCCCCCCCCCCC(=O)OC(COC(=O)CCCCCCCCCC)COP(=O)(O)OCC[N+](C)(C)C. The maximum atomic E-state index is 12.7. The summed E-state index contributed by atoms with van der Waals surface area (Å²) in [4.78, 5) is 35.4. The molecule has 69 heavy (non-hydrogen) atoms. The zero-order chi connectivity index (χ0) is 50.6. The third-order valence-corrected chi connectivity index (χ3v) is 13.0. The monoisotopic (exact) mass is 989 g/mol. The second-order valence-electron chi connectivity index (χ2n) is 19.9. The number of quaternary nitrogens is 1. The summed E-state index contributed by atoms with van der Waals surface area (Å²) < 4.78 is 34.3. The van der Waals surface area contributed by atoms with Crippen LogP contribution in [0.15, 0.2) is 72.9 Å². The maximum Gasteiger partial charge on any atom is 0.472 e. The van der Waals surface area contributed by atoms with Crippen LogP contribution in [0.2, 0.25) is 0 Å². The minimum atomic E-state index is -4.37. The summed E-state index contributed by atoms with van der Waals surface area (Å²) in [6.07, 6.45) is 65.8. The van der Waals surface area contributed by atoms with Gasteiger partial charge in [-0.25, -0.2) is 4.57 Å². The molecule has 1 N–H and O–H groups in total. The van der Waals surface area contributed by atoms with Crippen LogP contribution in [0.1, 0.15) is 239 Å². The van der Waals surface area contributed by atoms with Crippen LogP contribution in [0.5, 0.6) is 0 Å². The van der Waals surface area contributed by atoms with Crippen molar-refractivity contribution in [2.75, 3.05) is 47.5 Å². The van der Waals surface area contributed by atoms with E-state index in [1.54, 1.807) is 0 Å². The molecule has 0 saturated heterocycles.